The van der Waals surface area contributed by atoms with Crippen LogP contribution in [0.15, 0.2) is 26.7 Å². The molecule has 11 heteroatoms. The number of nitrogens with zero attached hydrogens (tertiary/aromatic N) is 1. The maximum atomic E-state index is 12.1. The molecule has 0 amide bonds. The van der Waals surface area contributed by atoms with E-state index in [0.29, 0.717) is 0 Å². The van der Waals surface area contributed by atoms with E-state index in [0.717, 1.165) is 12.3 Å². The van der Waals surface area contributed by atoms with Gasteiger partial charge in [-0.15, -0.1) is 12.4 Å². The molecule has 2 aromatic rings. The molecule has 0 fully saturated rings. The van der Waals surface area contributed by atoms with Crippen molar-refractivity contribution in [3.05, 3.63) is 33.1 Å². The Labute approximate surface area is 131 Å². The molecule has 0 aliphatic rings. The van der Waals surface area contributed by atoms with Gasteiger partial charge in [0.05, 0.1) is 5.39 Å². The van der Waals surface area contributed by atoms with Crippen LogP contribution >= 0.6 is 12.4 Å². The number of halogens is 1. The average Bonchev–Trinajstić information content (AvgIpc) is 2.35. The Morgan fingerprint density at radius 2 is 1.95 bits per heavy atom. The number of rotatable bonds is 4. The van der Waals surface area contributed by atoms with Crippen molar-refractivity contribution in [2.45, 2.75) is 24.3 Å². The van der Waals surface area contributed by atoms with Crippen molar-refractivity contribution < 1.29 is 8.42 Å². The van der Waals surface area contributed by atoms with Gasteiger partial charge >= 0.3 is 5.69 Å². The zero-order chi connectivity index (χ0) is 15.8. The van der Waals surface area contributed by atoms with Crippen molar-refractivity contribution in [1.29, 1.82) is 0 Å². The normalized spacial score (nSPS) is 12.1. The second kappa shape index (κ2) is 6.16. The van der Waals surface area contributed by atoms with Crippen LogP contribution in [0.25, 0.3) is 11.0 Å². The fourth-order valence-electron chi connectivity index (χ4n) is 1.54. The number of fused-ring (bicyclic) bond motifs is 1. The lowest BCUT2D eigenvalue weighted by atomic mass is 10.1. The summed E-state index contributed by atoms with van der Waals surface area (Å²) in [6.45, 7) is 3.36. The maximum absolute atomic E-state index is 12.1. The van der Waals surface area contributed by atoms with E-state index in [9.17, 15) is 18.0 Å². The molecule has 0 atom stereocenters. The number of nitrogens with two attached hydrogens (primary N) is 1. The SMILES string of the molecule is CC(C)(N)CNS(=O)(=O)c1cnc2[nH]c(=O)[nH]c(=O)c2c1.Cl. The Bertz CT molecular complexity index is 897. The Morgan fingerprint density at radius 1 is 1.32 bits per heavy atom. The van der Waals surface area contributed by atoms with Gasteiger partial charge in [0, 0.05) is 18.3 Å². The third-order valence-corrected chi connectivity index (χ3v) is 3.96. The van der Waals surface area contributed by atoms with Gasteiger partial charge in [0.15, 0.2) is 0 Å². The molecule has 122 valence electrons. The van der Waals surface area contributed by atoms with E-state index in [1.165, 1.54) is 0 Å². The van der Waals surface area contributed by atoms with Crippen LogP contribution in [0.3, 0.4) is 0 Å². The lowest BCUT2D eigenvalue weighted by Gasteiger charge is -2.18. The summed E-state index contributed by atoms with van der Waals surface area (Å²) in [7, 11) is -3.85. The minimum Gasteiger partial charge on any atom is -0.324 e. The first-order valence-corrected chi connectivity index (χ1v) is 7.48. The quantitative estimate of drug-likeness (QED) is 0.558. The molecular formula is C11H16ClN5O4S. The predicted molar refractivity (Wildman–Crippen MR) is 83.7 cm³/mol. The maximum Gasteiger partial charge on any atom is 0.327 e. The number of nitrogens with one attached hydrogen (secondary N) is 3. The number of pyridine rings is 1. The minimum absolute atomic E-state index is 0. The summed E-state index contributed by atoms with van der Waals surface area (Å²) < 4.78 is 26.6. The molecule has 0 radical (unpaired) electrons. The van der Waals surface area contributed by atoms with Gasteiger partial charge < -0.3 is 5.73 Å². The first kappa shape index (κ1) is 18.3. The van der Waals surface area contributed by atoms with Crippen molar-refractivity contribution in [3.63, 3.8) is 0 Å². The fraction of sp³-hybridized carbons (Fsp3) is 0.364. The van der Waals surface area contributed by atoms with Gasteiger partial charge in [0.25, 0.3) is 5.56 Å². The molecule has 0 unspecified atom stereocenters. The van der Waals surface area contributed by atoms with Gasteiger partial charge in [-0.2, -0.15) is 0 Å². The van der Waals surface area contributed by atoms with Crippen molar-refractivity contribution >= 4 is 33.5 Å². The van der Waals surface area contributed by atoms with Crippen LogP contribution in [-0.2, 0) is 10.0 Å². The molecule has 0 saturated carbocycles. The van der Waals surface area contributed by atoms with Gasteiger partial charge in [-0.25, -0.2) is 22.9 Å². The van der Waals surface area contributed by atoms with Gasteiger partial charge in [0.2, 0.25) is 10.0 Å². The van der Waals surface area contributed by atoms with E-state index in [-0.39, 0.29) is 34.9 Å². The van der Waals surface area contributed by atoms with Crippen LogP contribution in [-0.4, -0.2) is 35.5 Å². The van der Waals surface area contributed by atoms with Gasteiger partial charge in [-0.3, -0.25) is 14.8 Å². The molecule has 0 spiro atoms. The molecular weight excluding hydrogens is 334 g/mol. The number of H-pyrrole nitrogens is 2. The summed E-state index contributed by atoms with van der Waals surface area (Å²) in [6, 6.07) is 1.14. The highest BCUT2D eigenvalue weighted by atomic mass is 35.5. The molecule has 22 heavy (non-hydrogen) atoms. The number of hydrogen-bond acceptors (Lipinski definition) is 6. The molecule has 9 nitrogen and oxygen atoms in total. The summed E-state index contributed by atoms with van der Waals surface area (Å²) in [6.07, 6.45) is 1.06. The molecule has 2 rings (SSSR count). The van der Waals surface area contributed by atoms with Crippen LogP contribution in [0.5, 0.6) is 0 Å². The standard InChI is InChI=1S/C11H15N5O4S.ClH/c1-11(2,12)5-14-21(19,20)6-3-7-8(13-4-6)15-10(18)16-9(7)17;/h3-4,14H,5,12H2,1-2H3,(H2,13,15,16,17,18);1H. The lowest BCUT2D eigenvalue weighted by molar-refractivity contribution is 0.498. The van der Waals surface area contributed by atoms with E-state index in [4.69, 9.17) is 5.73 Å². The Kier molecular flexibility index (Phi) is 5.13. The third-order valence-electron chi connectivity index (χ3n) is 2.59. The van der Waals surface area contributed by atoms with Crippen molar-refractivity contribution in [3.8, 4) is 0 Å². The van der Waals surface area contributed by atoms with Crippen LogP contribution < -0.4 is 21.7 Å². The van der Waals surface area contributed by atoms with E-state index in [2.05, 4.69) is 14.7 Å². The summed E-state index contributed by atoms with van der Waals surface area (Å²) in [5.41, 5.74) is 3.59. The summed E-state index contributed by atoms with van der Waals surface area (Å²) in [5, 5.41) is -0.0236. The van der Waals surface area contributed by atoms with Crippen molar-refractivity contribution in [2.75, 3.05) is 6.54 Å². The average molecular weight is 350 g/mol. The fourth-order valence-corrected chi connectivity index (χ4v) is 2.73. The molecule has 2 aromatic heterocycles. The topological polar surface area (TPSA) is 151 Å². The van der Waals surface area contributed by atoms with Gasteiger partial charge in [-0.1, -0.05) is 0 Å². The summed E-state index contributed by atoms with van der Waals surface area (Å²) >= 11 is 0. The molecule has 0 aromatic carbocycles. The lowest BCUT2D eigenvalue weighted by Crippen LogP contribution is -2.45. The first-order chi connectivity index (χ1) is 9.58. The van der Waals surface area contributed by atoms with Crippen LogP contribution in [0.4, 0.5) is 0 Å². The van der Waals surface area contributed by atoms with Crippen LogP contribution in [0, 0.1) is 0 Å². The zero-order valence-electron chi connectivity index (χ0n) is 11.8. The van der Waals surface area contributed by atoms with Gasteiger partial charge in [0.1, 0.15) is 10.5 Å². The number of hydrogen-bond donors (Lipinski definition) is 4. The van der Waals surface area contributed by atoms with Crippen molar-refractivity contribution in [2.24, 2.45) is 5.73 Å². The zero-order valence-corrected chi connectivity index (χ0v) is 13.5. The van der Waals surface area contributed by atoms with E-state index in [1.807, 2.05) is 4.98 Å². The molecule has 5 N–H and O–H groups in total. The Balaban J connectivity index is 0.00000242. The Morgan fingerprint density at radius 3 is 2.55 bits per heavy atom. The molecule has 0 bridgehead atoms. The number of sulfonamides is 1. The van der Waals surface area contributed by atoms with Crippen molar-refractivity contribution in [1.82, 2.24) is 19.7 Å². The van der Waals surface area contributed by atoms with E-state index < -0.39 is 26.8 Å². The van der Waals surface area contributed by atoms with Gasteiger partial charge in [-0.05, 0) is 19.9 Å². The smallest absolute Gasteiger partial charge is 0.324 e. The van der Waals surface area contributed by atoms with E-state index in [1.54, 1.807) is 13.8 Å². The molecule has 0 aliphatic carbocycles. The predicted octanol–water partition coefficient (Wildman–Crippen LogP) is -0.951. The molecule has 2 heterocycles. The monoisotopic (exact) mass is 349 g/mol. The highest BCUT2D eigenvalue weighted by molar-refractivity contribution is 7.89. The molecule has 0 saturated heterocycles. The summed E-state index contributed by atoms with van der Waals surface area (Å²) in [5.74, 6) is 0. The van der Waals surface area contributed by atoms with E-state index >= 15 is 0 Å². The number of aromatic amines is 2. The largest absolute Gasteiger partial charge is 0.327 e. The third kappa shape index (κ3) is 4.13. The second-order valence-corrected chi connectivity index (χ2v) is 7.06. The summed E-state index contributed by atoms with van der Waals surface area (Å²) in [4.78, 5) is 30.7. The minimum atomic E-state index is -3.85. The van der Waals surface area contributed by atoms with Crippen LogP contribution in [0.2, 0.25) is 0 Å². The second-order valence-electron chi connectivity index (χ2n) is 5.29. The first-order valence-electron chi connectivity index (χ1n) is 5.99. The number of aromatic nitrogens is 3. The van der Waals surface area contributed by atoms with Crippen LogP contribution in [0.1, 0.15) is 13.8 Å². The molecule has 0 aliphatic heterocycles. The Hall–Kier alpha value is -1.75. The highest BCUT2D eigenvalue weighted by Crippen LogP contribution is 2.11. The highest BCUT2D eigenvalue weighted by Gasteiger charge is 2.20.